The Hall–Kier alpha value is -2.11. The molecule has 2 heterocycles. The maximum absolute atomic E-state index is 13.5. The van der Waals surface area contributed by atoms with Crippen molar-refractivity contribution in [3.8, 4) is 0 Å². The lowest BCUT2D eigenvalue weighted by atomic mass is 9.79. The first-order chi connectivity index (χ1) is 19.4. The highest BCUT2D eigenvalue weighted by atomic mass is 16.7. The number of aliphatic hydroxyl groups is 1. The van der Waals surface area contributed by atoms with Crippen molar-refractivity contribution in [3.05, 3.63) is 23.3 Å². The van der Waals surface area contributed by atoms with E-state index in [0.717, 1.165) is 0 Å². The molecule has 0 radical (unpaired) electrons. The van der Waals surface area contributed by atoms with Crippen molar-refractivity contribution in [1.29, 1.82) is 0 Å². The summed E-state index contributed by atoms with van der Waals surface area (Å²) in [5.74, 6) is -2.12. The summed E-state index contributed by atoms with van der Waals surface area (Å²) in [7, 11) is 5.40. The summed E-state index contributed by atoms with van der Waals surface area (Å²) in [4.78, 5) is 40.9. The zero-order valence-electron chi connectivity index (χ0n) is 27.6. The molecule has 2 aliphatic rings. The first-order valence-electron chi connectivity index (χ1n) is 14.9. The fourth-order valence-electron chi connectivity index (χ4n) is 6.32. The molecule has 0 spiro atoms. The van der Waals surface area contributed by atoms with Crippen LogP contribution in [0, 0.1) is 11.8 Å². The number of nitrogens with zero attached hydrogens (tertiary/aromatic N) is 1. The Kier molecular flexibility index (Phi) is 12.5. The first kappa shape index (κ1) is 36.1. The molecule has 1 fully saturated rings. The zero-order valence-corrected chi connectivity index (χ0v) is 27.6. The van der Waals surface area contributed by atoms with Gasteiger partial charge < -0.3 is 33.7 Å². The van der Waals surface area contributed by atoms with Gasteiger partial charge >= 0.3 is 11.9 Å². The minimum Gasteiger partial charge on any atom is -0.456 e. The smallest absolute Gasteiger partial charge is 0.333 e. The number of likely N-dealkylation sites (N-methyl/N-ethyl adjacent to an activating group) is 1. The van der Waals surface area contributed by atoms with Gasteiger partial charge in [0.2, 0.25) is 0 Å². The largest absolute Gasteiger partial charge is 0.456 e. The third-order valence-electron chi connectivity index (χ3n) is 8.54. The zero-order chi connectivity index (χ0) is 32.2. The van der Waals surface area contributed by atoms with Gasteiger partial charge in [-0.2, -0.15) is 0 Å². The minimum atomic E-state index is -1.54. The van der Waals surface area contributed by atoms with Crippen LogP contribution in [-0.2, 0) is 38.1 Å². The van der Waals surface area contributed by atoms with Gasteiger partial charge in [-0.05, 0) is 79.6 Å². The van der Waals surface area contributed by atoms with Crippen LogP contribution in [0.15, 0.2) is 23.3 Å². The van der Waals surface area contributed by atoms with E-state index in [1.165, 1.54) is 19.9 Å². The van der Waals surface area contributed by atoms with Crippen LogP contribution in [-0.4, -0.2) is 96.9 Å². The highest BCUT2D eigenvalue weighted by Gasteiger charge is 2.48. The van der Waals surface area contributed by atoms with E-state index in [1.807, 2.05) is 53.6 Å². The van der Waals surface area contributed by atoms with Crippen LogP contribution in [0.2, 0.25) is 0 Å². The van der Waals surface area contributed by atoms with Gasteiger partial charge in [-0.25, -0.2) is 4.79 Å². The Morgan fingerprint density at radius 2 is 1.76 bits per heavy atom. The highest BCUT2D eigenvalue weighted by Crippen LogP contribution is 2.37. The van der Waals surface area contributed by atoms with Crippen LogP contribution in [0.5, 0.6) is 0 Å². The number of methoxy groups -OCH3 is 1. The van der Waals surface area contributed by atoms with Gasteiger partial charge in [0, 0.05) is 31.4 Å². The molecule has 2 rings (SSSR count). The van der Waals surface area contributed by atoms with Crippen molar-refractivity contribution in [2.24, 2.45) is 11.8 Å². The van der Waals surface area contributed by atoms with Crippen LogP contribution in [0.3, 0.4) is 0 Å². The summed E-state index contributed by atoms with van der Waals surface area (Å²) in [6.07, 6.45) is 1.07. The number of cyclic esters (lactones) is 1. The van der Waals surface area contributed by atoms with Gasteiger partial charge in [0.05, 0.1) is 23.9 Å². The molecule has 1 N–H and O–H groups in total. The molecule has 10 nitrogen and oxygen atoms in total. The number of carbonyl (C=O) groups is 3. The summed E-state index contributed by atoms with van der Waals surface area (Å²) in [6.45, 7) is 15.5. The molecule has 0 aromatic heterocycles. The second-order valence-electron chi connectivity index (χ2n) is 12.8. The van der Waals surface area contributed by atoms with Crippen LogP contribution in [0.4, 0.5) is 0 Å². The number of esters is 2. The maximum atomic E-state index is 13.5. The molecule has 0 amide bonds. The lowest BCUT2D eigenvalue weighted by Gasteiger charge is -2.47. The number of ether oxygens (including phenoxy) is 5. The summed E-state index contributed by atoms with van der Waals surface area (Å²) in [5, 5.41) is 11.2. The third kappa shape index (κ3) is 8.72. The quantitative estimate of drug-likeness (QED) is 0.452. The number of allylic oxidation sites excluding steroid dienone is 1. The van der Waals surface area contributed by atoms with Crippen molar-refractivity contribution >= 4 is 17.7 Å². The molecular formula is C32H53NO9. The van der Waals surface area contributed by atoms with E-state index in [1.54, 1.807) is 27.0 Å². The van der Waals surface area contributed by atoms with E-state index < -0.39 is 59.6 Å². The number of hydrogen-bond acceptors (Lipinski definition) is 10. The summed E-state index contributed by atoms with van der Waals surface area (Å²) >= 11 is 0. The van der Waals surface area contributed by atoms with Crippen LogP contribution < -0.4 is 0 Å². The topological polar surface area (TPSA) is 121 Å². The third-order valence-corrected chi connectivity index (χ3v) is 8.54. The molecule has 240 valence electrons. The molecule has 0 aromatic rings. The predicted octanol–water partition coefficient (Wildman–Crippen LogP) is 3.98. The van der Waals surface area contributed by atoms with Crippen molar-refractivity contribution < 1.29 is 43.2 Å². The molecule has 10 heteroatoms. The molecule has 0 unspecified atom stereocenters. The van der Waals surface area contributed by atoms with Crippen molar-refractivity contribution in [3.63, 3.8) is 0 Å². The van der Waals surface area contributed by atoms with Gasteiger partial charge in [0.25, 0.3) is 0 Å². The van der Waals surface area contributed by atoms with Gasteiger partial charge in [0.1, 0.15) is 11.7 Å². The molecule has 0 saturated carbocycles. The van der Waals surface area contributed by atoms with Gasteiger partial charge in [-0.1, -0.05) is 26.8 Å². The average Bonchev–Trinajstić information content (AvgIpc) is 2.88. The lowest BCUT2D eigenvalue weighted by molar-refractivity contribution is -0.297. The first-order valence-corrected chi connectivity index (χ1v) is 14.9. The number of ketones is 1. The van der Waals surface area contributed by atoms with Gasteiger partial charge in [0.15, 0.2) is 18.2 Å². The standard InChI is InChI=1S/C32H53NO9/c1-13-25-31(8,37)16-20(4)26(35)21(5)17-32(9,38-12)28(18(2)14-19(3)29(36)41-25)42-30-27(40-23(7)34)24(33(10)11)15-22(6)39-30/h14,16,18,21-22,24-25,27-28,30,37H,13,15,17H2,1-12H3/b19-14-,20-16+/t18-,21+,22+,24-,25+,27+,28+,30-,31-,32+/m0/s1. The molecule has 42 heavy (non-hydrogen) atoms. The SMILES string of the molecule is CC[C@H]1OC(=O)/C(C)=C\[C@H](C)[C@@H](O[C@@H]2O[C@H](C)C[C@H](N(C)C)[C@H]2OC(C)=O)[C@](C)(OC)C[C@@H](C)C(=O)/C(C)=C/[C@]1(C)O. The number of carbonyl (C=O) groups excluding carboxylic acids is 3. The molecular weight excluding hydrogens is 542 g/mol. The second kappa shape index (κ2) is 14.6. The normalized spacial score (nSPS) is 41.7. The van der Waals surface area contributed by atoms with E-state index >= 15 is 0 Å². The number of rotatable bonds is 6. The molecule has 0 bridgehead atoms. The van der Waals surface area contributed by atoms with Gasteiger partial charge in [-0.3, -0.25) is 9.59 Å². The Balaban J connectivity index is 2.66. The van der Waals surface area contributed by atoms with Crippen molar-refractivity contribution in [1.82, 2.24) is 4.90 Å². The Morgan fingerprint density at radius 3 is 2.29 bits per heavy atom. The number of hydrogen-bond donors (Lipinski definition) is 1. The average molecular weight is 596 g/mol. The van der Waals surface area contributed by atoms with Crippen molar-refractivity contribution in [2.75, 3.05) is 21.2 Å². The Bertz CT molecular complexity index is 1040. The van der Waals surface area contributed by atoms with Crippen LogP contribution >= 0.6 is 0 Å². The van der Waals surface area contributed by atoms with Gasteiger partial charge in [-0.15, -0.1) is 0 Å². The molecule has 0 aromatic carbocycles. The fourth-order valence-corrected chi connectivity index (χ4v) is 6.32. The number of Topliss-reactive ketones (excluding diaryl/α,β-unsaturated/α-hetero) is 1. The van der Waals surface area contributed by atoms with E-state index in [9.17, 15) is 19.5 Å². The minimum absolute atomic E-state index is 0.162. The summed E-state index contributed by atoms with van der Waals surface area (Å²) in [6, 6.07) is -0.162. The summed E-state index contributed by atoms with van der Waals surface area (Å²) < 4.78 is 30.6. The Morgan fingerprint density at radius 1 is 1.14 bits per heavy atom. The van der Waals surface area contributed by atoms with E-state index in [4.69, 9.17) is 23.7 Å². The van der Waals surface area contributed by atoms with Crippen molar-refractivity contribution in [2.45, 2.75) is 130 Å². The summed E-state index contributed by atoms with van der Waals surface area (Å²) in [5.41, 5.74) is -1.87. The predicted molar refractivity (Wildman–Crippen MR) is 159 cm³/mol. The van der Waals surface area contributed by atoms with E-state index in [2.05, 4.69) is 0 Å². The second-order valence-corrected chi connectivity index (χ2v) is 12.8. The van der Waals surface area contributed by atoms with Crippen LogP contribution in [0.1, 0.15) is 81.6 Å². The van der Waals surface area contributed by atoms with E-state index in [0.29, 0.717) is 24.0 Å². The molecule has 2 aliphatic heterocycles. The van der Waals surface area contributed by atoms with Crippen LogP contribution in [0.25, 0.3) is 0 Å². The monoisotopic (exact) mass is 595 g/mol. The van der Waals surface area contributed by atoms with E-state index in [-0.39, 0.29) is 24.3 Å². The molecule has 1 saturated heterocycles. The Labute approximate surface area is 251 Å². The fraction of sp³-hybridized carbons (Fsp3) is 0.781. The lowest BCUT2D eigenvalue weighted by Crippen LogP contribution is -2.59. The highest BCUT2D eigenvalue weighted by molar-refractivity contribution is 5.96. The molecule has 0 aliphatic carbocycles. The maximum Gasteiger partial charge on any atom is 0.333 e. The molecule has 10 atom stereocenters.